The zero-order valence-corrected chi connectivity index (χ0v) is 10.5. The summed E-state index contributed by atoms with van der Waals surface area (Å²) in [6.45, 7) is 8.50. The highest BCUT2D eigenvalue weighted by molar-refractivity contribution is 5.71. The van der Waals surface area contributed by atoms with E-state index in [1.165, 1.54) is 19.3 Å². The molecule has 1 aliphatic heterocycles. The summed E-state index contributed by atoms with van der Waals surface area (Å²) in [5.74, 6) is -0.0631. The van der Waals surface area contributed by atoms with E-state index in [4.69, 9.17) is 4.74 Å². The topological polar surface area (TPSA) is 26.3 Å². The van der Waals surface area contributed by atoms with E-state index >= 15 is 0 Å². The number of hydrogen-bond acceptors (Lipinski definition) is 2. The van der Waals surface area contributed by atoms with E-state index in [9.17, 15) is 4.79 Å². The summed E-state index contributed by atoms with van der Waals surface area (Å²) in [5.41, 5.74) is -0.355. The Balaban J connectivity index is 2.42. The molecule has 0 N–H and O–H groups in total. The molecule has 0 atom stereocenters. The van der Waals surface area contributed by atoms with E-state index in [0.29, 0.717) is 6.54 Å². The average Bonchev–Trinajstić information content (AvgIpc) is 1.99. The maximum absolute atomic E-state index is 11.7. The fourth-order valence-corrected chi connectivity index (χ4v) is 2.12. The number of hydrogen-bond donors (Lipinski definition) is 0. The summed E-state index contributed by atoms with van der Waals surface area (Å²) in [5, 5.41) is 0. The third-order valence-corrected chi connectivity index (χ3v) is 2.83. The standard InChI is InChI=1S/C12H24NO2/c1-12(2,3)15-11(14)10-13(4)8-6-5-7-9-13/h5-10H2,1-4H3/q+1. The lowest BCUT2D eigenvalue weighted by atomic mass is 10.1. The van der Waals surface area contributed by atoms with Crippen LogP contribution in [0.3, 0.4) is 0 Å². The van der Waals surface area contributed by atoms with Crippen molar-refractivity contribution in [1.82, 2.24) is 0 Å². The second-order valence-electron chi connectivity index (χ2n) is 5.87. The molecule has 15 heavy (non-hydrogen) atoms. The highest BCUT2D eigenvalue weighted by Gasteiger charge is 2.30. The van der Waals surface area contributed by atoms with Gasteiger partial charge in [-0.1, -0.05) is 0 Å². The molecule has 1 rings (SSSR count). The van der Waals surface area contributed by atoms with Crippen LogP contribution in [0.4, 0.5) is 0 Å². The van der Waals surface area contributed by atoms with Gasteiger partial charge in [-0.3, -0.25) is 0 Å². The van der Waals surface area contributed by atoms with Gasteiger partial charge in [-0.25, -0.2) is 4.79 Å². The van der Waals surface area contributed by atoms with E-state index in [2.05, 4.69) is 7.05 Å². The first-order chi connectivity index (χ1) is 6.81. The van der Waals surface area contributed by atoms with Crippen LogP contribution in [-0.2, 0) is 9.53 Å². The van der Waals surface area contributed by atoms with Crippen LogP contribution >= 0.6 is 0 Å². The Labute approximate surface area is 93.0 Å². The van der Waals surface area contributed by atoms with Crippen LogP contribution in [-0.4, -0.2) is 42.7 Å². The van der Waals surface area contributed by atoms with Gasteiger partial charge in [0, 0.05) is 0 Å². The first-order valence-electron chi connectivity index (χ1n) is 5.86. The number of nitrogens with zero attached hydrogens (tertiary/aromatic N) is 1. The molecule has 1 heterocycles. The van der Waals surface area contributed by atoms with Gasteiger partial charge >= 0.3 is 5.97 Å². The fourth-order valence-electron chi connectivity index (χ4n) is 2.12. The molecule has 0 aromatic heterocycles. The molecule has 1 aliphatic rings. The minimum atomic E-state index is -0.355. The van der Waals surface area contributed by atoms with Gasteiger partial charge in [-0.2, -0.15) is 0 Å². The van der Waals surface area contributed by atoms with E-state index < -0.39 is 0 Å². The molecule has 88 valence electrons. The molecule has 3 nitrogen and oxygen atoms in total. The third-order valence-electron chi connectivity index (χ3n) is 2.83. The molecule has 1 fully saturated rings. The zero-order valence-electron chi connectivity index (χ0n) is 10.5. The second kappa shape index (κ2) is 4.52. The van der Waals surface area contributed by atoms with Crippen molar-refractivity contribution >= 4 is 5.97 Å². The van der Waals surface area contributed by atoms with Crippen molar-refractivity contribution in [3.8, 4) is 0 Å². The van der Waals surface area contributed by atoms with Crippen molar-refractivity contribution in [3.63, 3.8) is 0 Å². The molecule has 3 heteroatoms. The predicted molar refractivity (Wildman–Crippen MR) is 60.5 cm³/mol. The highest BCUT2D eigenvalue weighted by Crippen LogP contribution is 2.17. The smallest absolute Gasteiger partial charge is 0.362 e. The maximum Gasteiger partial charge on any atom is 0.362 e. The monoisotopic (exact) mass is 214 g/mol. The van der Waals surface area contributed by atoms with Crippen molar-refractivity contribution in [1.29, 1.82) is 0 Å². The van der Waals surface area contributed by atoms with Crippen molar-refractivity contribution < 1.29 is 14.0 Å². The minimum Gasteiger partial charge on any atom is -0.456 e. The maximum atomic E-state index is 11.7. The Hall–Kier alpha value is -0.570. The number of carbonyl (C=O) groups excluding carboxylic acids is 1. The van der Waals surface area contributed by atoms with E-state index in [0.717, 1.165) is 17.6 Å². The summed E-state index contributed by atoms with van der Waals surface area (Å²) in [6, 6.07) is 0. The van der Waals surface area contributed by atoms with Crippen LogP contribution in [0, 0.1) is 0 Å². The van der Waals surface area contributed by atoms with Crippen molar-refractivity contribution in [3.05, 3.63) is 0 Å². The van der Waals surface area contributed by atoms with Crippen molar-refractivity contribution in [2.24, 2.45) is 0 Å². The Bertz CT molecular complexity index is 224. The Morgan fingerprint density at radius 1 is 1.20 bits per heavy atom. The molecular formula is C12H24NO2+. The first kappa shape index (κ1) is 12.5. The lowest BCUT2D eigenvalue weighted by Gasteiger charge is -2.37. The van der Waals surface area contributed by atoms with E-state index in [-0.39, 0.29) is 11.6 Å². The summed E-state index contributed by atoms with van der Waals surface area (Å²) >= 11 is 0. The molecule has 0 saturated carbocycles. The minimum absolute atomic E-state index is 0.0631. The predicted octanol–water partition coefficient (Wildman–Crippen LogP) is 1.96. The van der Waals surface area contributed by atoms with Gasteiger partial charge in [0.15, 0.2) is 6.54 Å². The number of piperidine rings is 1. The quantitative estimate of drug-likeness (QED) is 0.519. The molecule has 0 aromatic rings. The Morgan fingerprint density at radius 3 is 2.20 bits per heavy atom. The largest absolute Gasteiger partial charge is 0.456 e. The fraction of sp³-hybridized carbons (Fsp3) is 0.917. The number of quaternary nitrogens is 1. The zero-order chi connectivity index (χ0) is 11.5. The summed E-state index contributed by atoms with van der Waals surface area (Å²) in [6.07, 6.45) is 3.78. The molecule has 0 unspecified atom stereocenters. The summed E-state index contributed by atoms with van der Waals surface area (Å²) in [7, 11) is 2.16. The van der Waals surface area contributed by atoms with Gasteiger partial charge in [0.05, 0.1) is 20.1 Å². The lowest BCUT2D eigenvalue weighted by Crippen LogP contribution is -2.51. The van der Waals surface area contributed by atoms with Gasteiger partial charge < -0.3 is 9.22 Å². The second-order valence-corrected chi connectivity index (χ2v) is 5.87. The number of likely N-dealkylation sites (N-methyl/N-ethyl adjacent to an activating group) is 1. The van der Waals surface area contributed by atoms with Crippen molar-refractivity contribution in [2.75, 3.05) is 26.7 Å². The van der Waals surface area contributed by atoms with Gasteiger partial charge in [0.1, 0.15) is 5.60 Å². The highest BCUT2D eigenvalue weighted by atomic mass is 16.6. The van der Waals surface area contributed by atoms with Gasteiger partial charge in [-0.15, -0.1) is 0 Å². The van der Waals surface area contributed by atoms with Crippen LogP contribution in [0.1, 0.15) is 40.0 Å². The molecule has 0 bridgehead atoms. The van der Waals surface area contributed by atoms with Crippen LogP contribution in [0.25, 0.3) is 0 Å². The molecule has 0 aromatic carbocycles. The van der Waals surface area contributed by atoms with E-state index in [1.807, 2.05) is 20.8 Å². The third kappa shape index (κ3) is 4.65. The summed E-state index contributed by atoms with van der Waals surface area (Å²) in [4.78, 5) is 11.7. The molecule has 0 spiro atoms. The first-order valence-corrected chi connectivity index (χ1v) is 5.86. The van der Waals surface area contributed by atoms with E-state index in [1.54, 1.807) is 0 Å². The number of esters is 1. The molecule has 0 amide bonds. The number of carbonyl (C=O) groups is 1. The van der Waals surface area contributed by atoms with Crippen LogP contribution in [0.15, 0.2) is 0 Å². The molecule has 1 saturated heterocycles. The molecule has 0 radical (unpaired) electrons. The average molecular weight is 214 g/mol. The van der Waals surface area contributed by atoms with Gasteiger partial charge in [0.2, 0.25) is 0 Å². The molecule has 0 aliphatic carbocycles. The Kier molecular flexibility index (Phi) is 3.77. The normalized spacial score (nSPS) is 21.1. The van der Waals surface area contributed by atoms with Crippen LogP contribution < -0.4 is 0 Å². The Morgan fingerprint density at radius 2 is 1.73 bits per heavy atom. The molecular weight excluding hydrogens is 190 g/mol. The van der Waals surface area contributed by atoms with Gasteiger partial charge in [-0.05, 0) is 40.0 Å². The summed E-state index contributed by atoms with van der Waals surface area (Å²) < 4.78 is 6.21. The number of likely N-dealkylation sites (tertiary alicyclic amines) is 1. The van der Waals surface area contributed by atoms with Crippen LogP contribution in [0.2, 0.25) is 0 Å². The SMILES string of the molecule is CC(C)(C)OC(=O)C[N+]1(C)CCCCC1. The van der Waals surface area contributed by atoms with Crippen LogP contribution in [0.5, 0.6) is 0 Å². The number of rotatable bonds is 2. The lowest BCUT2D eigenvalue weighted by molar-refractivity contribution is -0.907. The number of ether oxygens (including phenoxy) is 1. The van der Waals surface area contributed by atoms with Crippen molar-refractivity contribution in [2.45, 2.75) is 45.6 Å². The van der Waals surface area contributed by atoms with Gasteiger partial charge in [0.25, 0.3) is 0 Å².